The normalized spacial score (nSPS) is 21.4. The Hall–Kier alpha value is -1.59. The molecule has 0 unspecified atom stereocenters. The molecule has 0 bridgehead atoms. The molecule has 1 aromatic heterocycles. The van der Waals surface area contributed by atoms with Crippen LogP contribution in [-0.4, -0.2) is 33.9 Å². The molecule has 1 amide bonds. The van der Waals surface area contributed by atoms with Crippen LogP contribution in [0.4, 0.5) is 4.39 Å². The highest BCUT2D eigenvalue weighted by atomic mass is 35.5. The average Bonchev–Trinajstić information content (AvgIpc) is 3.09. The van der Waals surface area contributed by atoms with Gasteiger partial charge in [-0.15, -0.1) is 11.6 Å². The van der Waals surface area contributed by atoms with E-state index in [2.05, 4.69) is 0 Å². The van der Waals surface area contributed by atoms with Crippen LogP contribution in [0.1, 0.15) is 25.0 Å². The van der Waals surface area contributed by atoms with E-state index in [0.717, 1.165) is 12.8 Å². The molecule has 1 aliphatic rings. The number of halogens is 2. The Morgan fingerprint density at radius 2 is 2.23 bits per heavy atom. The number of fused-ring (bicyclic) bond motifs is 1. The third kappa shape index (κ3) is 2.96. The number of alkyl halides is 1. The summed E-state index contributed by atoms with van der Waals surface area (Å²) in [4.78, 5) is 13.7. The van der Waals surface area contributed by atoms with Crippen molar-refractivity contribution >= 4 is 28.5 Å². The van der Waals surface area contributed by atoms with Crippen LogP contribution < -0.4 is 0 Å². The van der Waals surface area contributed by atoms with E-state index in [-0.39, 0.29) is 30.2 Å². The van der Waals surface area contributed by atoms with Crippen LogP contribution in [0.15, 0.2) is 28.7 Å². The first-order valence-corrected chi connectivity index (χ1v) is 7.83. The molecule has 1 aliphatic carbocycles. The van der Waals surface area contributed by atoms with Gasteiger partial charge in [0.05, 0.1) is 18.7 Å². The van der Waals surface area contributed by atoms with E-state index in [4.69, 9.17) is 16.0 Å². The molecule has 0 aliphatic heterocycles. The molecular formula is C16H17ClFNO3. The highest BCUT2D eigenvalue weighted by molar-refractivity contribution is 6.27. The van der Waals surface area contributed by atoms with Crippen LogP contribution >= 0.6 is 11.6 Å². The first-order chi connectivity index (χ1) is 10.6. The molecule has 1 aromatic carbocycles. The largest absolute Gasteiger partial charge is 0.459 e. The lowest BCUT2D eigenvalue weighted by molar-refractivity contribution is -0.133. The van der Waals surface area contributed by atoms with Crippen molar-refractivity contribution in [2.45, 2.75) is 38.0 Å². The van der Waals surface area contributed by atoms with Crippen LogP contribution in [0.25, 0.3) is 11.0 Å². The van der Waals surface area contributed by atoms with Gasteiger partial charge in [-0.05, 0) is 43.5 Å². The van der Waals surface area contributed by atoms with Crippen molar-refractivity contribution in [1.29, 1.82) is 0 Å². The summed E-state index contributed by atoms with van der Waals surface area (Å²) in [5.74, 6) is -0.157. The molecule has 22 heavy (non-hydrogen) atoms. The lowest BCUT2D eigenvalue weighted by Crippen LogP contribution is -2.44. The van der Waals surface area contributed by atoms with Crippen molar-refractivity contribution in [1.82, 2.24) is 4.90 Å². The fourth-order valence-electron chi connectivity index (χ4n) is 3.07. The lowest BCUT2D eigenvalue weighted by atomic mass is 10.1. The van der Waals surface area contributed by atoms with E-state index >= 15 is 0 Å². The minimum atomic E-state index is -0.533. The Balaban J connectivity index is 1.86. The van der Waals surface area contributed by atoms with Gasteiger partial charge in [0.25, 0.3) is 0 Å². The number of nitrogens with zero attached hydrogens (tertiary/aromatic N) is 1. The molecule has 3 rings (SSSR count). The fourth-order valence-corrected chi connectivity index (χ4v) is 3.22. The topological polar surface area (TPSA) is 53.7 Å². The molecule has 0 radical (unpaired) electrons. The molecule has 4 nitrogen and oxygen atoms in total. The van der Waals surface area contributed by atoms with E-state index in [9.17, 15) is 14.3 Å². The number of hydrogen-bond donors (Lipinski definition) is 1. The molecular weight excluding hydrogens is 309 g/mol. The van der Waals surface area contributed by atoms with Gasteiger partial charge in [0.15, 0.2) is 0 Å². The highest BCUT2D eigenvalue weighted by Crippen LogP contribution is 2.28. The predicted molar refractivity (Wildman–Crippen MR) is 81.1 cm³/mol. The van der Waals surface area contributed by atoms with E-state index in [0.29, 0.717) is 23.2 Å². The average molecular weight is 326 g/mol. The summed E-state index contributed by atoms with van der Waals surface area (Å²) >= 11 is 5.69. The van der Waals surface area contributed by atoms with Gasteiger partial charge in [-0.3, -0.25) is 4.79 Å². The molecule has 1 fully saturated rings. The van der Waals surface area contributed by atoms with Gasteiger partial charge in [-0.25, -0.2) is 4.39 Å². The van der Waals surface area contributed by atoms with Crippen molar-refractivity contribution < 1.29 is 18.7 Å². The van der Waals surface area contributed by atoms with Crippen molar-refractivity contribution in [3.63, 3.8) is 0 Å². The number of benzene rings is 1. The van der Waals surface area contributed by atoms with Crippen molar-refractivity contribution in [2.75, 3.05) is 5.88 Å². The zero-order valence-electron chi connectivity index (χ0n) is 12.0. The first kappa shape index (κ1) is 15.3. The Bertz CT molecular complexity index is 687. The molecule has 2 atom stereocenters. The van der Waals surface area contributed by atoms with Gasteiger partial charge in [-0.2, -0.15) is 0 Å². The number of hydrogen-bond acceptors (Lipinski definition) is 3. The van der Waals surface area contributed by atoms with Crippen molar-refractivity contribution in [3.05, 3.63) is 35.8 Å². The lowest BCUT2D eigenvalue weighted by Gasteiger charge is -2.30. The number of amides is 1. The van der Waals surface area contributed by atoms with Gasteiger partial charge < -0.3 is 14.4 Å². The zero-order valence-corrected chi connectivity index (χ0v) is 12.7. The Morgan fingerprint density at radius 3 is 2.91 bits per heavy atom. The predicted octanol–water partition coefficient (Wildman–Crippen LogP) is 3.05. The second-order valence-corrected chi connectivity index (χ2v) is 5.88. The summed E-state index contributed by atoms with van der Waals surface area (Å²) < 4.78 is 18.9. The monoisotopic (exact) mass is 325 g/mol. The smallest absolute Gasteiger partial charge is 0.238 e. The van der Waals surface area contributed by atoms with Gasteiger partial charge in [0.1, 0.15) is 23.0 Å². The fraction of sp³-hybridized carbons (Fsp3) is 0.438. The van der Waals surface area contributed by atoms with Crippen LogP contribution in [-0.2, 0) is 11.3 Å². The summed E-state index contributed by atoms with van der Waals surface area (Å²) in [5.41, 5.74) is 0.571. The summed E-state index contributed by atoms with van der Waals surface area (Å²) in [6, 6.07) is 5.76. The van der Waals surface area contributed by atoms with E-state index in [1.807, 2.05) is 0 Å². The number of rotatable bonds is 4. The van der Waals surface area contributed by atoms with Crippen LogP contribution in [0.2, 0.25) is 0 Å². The minimum Gasteiger partial charge on any atom is -0.459 e. The summed E-state index contributed by atoms with van der Waals surface area (Å²) in [6.45, 7) is 0.226. The first-order valence-electron chi connectivity index (χ1n) is 7.30. The number of aliphatic hydroxyl groups excluding tert-OH is 1. The van der Waals surface area contributed by atoms with Crippen molar-refractivity contribution in [2.24, 2.45) is 0 Å². The SMILES string of the molecule is O=C(CCl)N(Cc1cc2cc(F)ccc2o1)[C@@H]1CCC[C@@H]1O. The van der Waals surface area contributed by atoms with E-state index < -0.39 is 6.10 Å². The maximum absolute atomic E-state index is 13.2. The van der Waals surface area contributed by atoms with E-state index in [1.54, 1.807) is 17.0 Å². The van der Waals surface area contributed by atoms with Crippen LogP contribution in [0.3, 0.4) is 0 Å². The highest BCUT2D eigenvalue weighted by Gasteiger charge is 2.33. The number of carbonyl (C=O) groups is 1. The Labute approximate surface area is 132 Å². The van der Waals surface area contributed by atoms with Gasteiger partial charge >= 0.3 is 0 Å². The van der Waals surface area contributed by atoms with Gasteiger partial charge in [0.2, 0.25) is 5.91 Å². The second kappa shape index (κ2) is 6.26. The van der Waals surface area contributed by atoms with Crippen molar-refractivity contribution in [3.8, 4) is 0 Å². The summed E-state index contributed by atoms with van der Waals surface area (Å²) in [7, 11) is 0. The zero-order chi connectivity index (χ0) is 15.7. The summed E-state index contributed by atoms with van der Waals surface area (Å²) in [5, 5.41) is 10.7. The number of carbonyl (C=O) groups excluding carboxylic acids is 1. The Kier molecular flexibility index (Phi) is 4.36. The maximum Gasteiger partial charge on any atom is 0.238 e. The van der Waals surface area contributed by atoms with Crippen LogP contribution in [0, 0.1) is 5.82 Å². The molecule has 1 heterocycles. The molecule has 1 saturated carbocycles. The summed E-state index contributed by atoms with van der Waals surface area (Å²) in [6.07, 6.45) is 1.78. The molecule has 0 saturated heterocycles. The van der Waals surface area contributed by atoms with Crippen LogP contribution in [0.5, 0.6) is 0 Å². The maximum atomic E-state index is 13.2. The molecule has 1 N–H and O–H groups in total. The van der Waals surface area contributed by atoms with E-state index in [1.165, 1.54) is 12.1 Å². The van der Waals surface area contributed by atoms with Gasteiger partial charge in [0, 0.05) is 5.39 Å². The standard InChI is InChI=1S/C16H17ClFNO3/c17-8-16(21)19(13-2-1-3-14(13)20)9-12-7-10-6-11(18)4-5-15(10)22-12/h4-7,13-14,20H,1-3,8-9H2/t13-,14+/m1/s1. The quantitative estimate of drug-likeness (QED) is 0.879. The molecule has 2 aromatic rings. The second-order valence-electron chi connectivity index (χ2n) is 5.62. The molecule has 6 heteroatoms. The molecule has 0 spiro atoms. The molecule has 118 valence electrons. The Morgan fingerprint density at radius 1 is 1.41 bits per heavy atom. The third-order valence-corrected chi connectivity index (χ3v) is 4.36. The third-order valence-electron chi connectivity index (χ3n) is 4.13. The number of aliphatic hydroxyl groups is 1. The minimum absolute atomic E-state index is 0.141. The number of furan rings is 1. The van der Waals surface area contributed by atoms with Gasteiger partial charge in [-0.1, -0.05) is 0 Å².